The third kappa shape index (κ3) is 4.53. The quantitative estimate of drug-likeness (QED) is 0.557. The largest absolute Gasteiger partial charge is 0.407 e. The summed E-state index contributed by atoms with van der Waals surface area (Å²) in [5.41, 5.74) is -0.785. The van der Waals surface area contributed by atoms with E-state index in [9.17, 15) is 5.11 Å². The summed E-state index contributed by atoms with van der Waals surface area (Å²) >= 11 is 0. The minimum Gasteiger partial charge on any atom is -0.407 e. The summed E-state index contributed by atoms with van der Waals surface area (Å²) in [6.07, 6.45) is 2.92. The van der Waals surface area contributed by atoms with Gasteiger partial charge in [-0.05, 0) is 35.2 Å². The molecule has 26 heavy (non-hydrogen) atoms. The Balaban J connectivity index is 2.46. The molecule has 0 aliphatic rings. The van der Waals surface area contributed by atoms with E-state index < -0.39 is 13.9 Å². The van der Waals surface area contributed by atoms with Crippen LogP contribution in [0.15, 0.2) is 73.3 Å². The van der Waals surface area contributed by atoms with E-state index >= 15 is 0 Å². The Labute approximate surface area is 159 Å². The van der Waals surface area contributed by atoms with Gasteiger partial charge in [-0.15, -0.1) is 6.58 Å². The van der Waals surface area contributed by atoms with Crippen LogP contribution < -0.4 is 10.4 Å². The van der Waals surface area contributed by atoms with Crippen molar-refractivity contribution in [1.29, 1.82) is 0 Å². The standard InChI is InChI=1S/C23H32O2Si/c1-6-17-23(5,24)18-19-25-26(22(2,3)4,20-13-9-7-10-14-20)21-15-11-8-12-16-21/h6-16,24H,1,17-19H2,2-5H3/t23-/m0/s1. The first-order valence-electron chi connectivity index (χ1n) is 9.31. The summed E-state index contributed by atoms with van der Waals surface area (Å²) in [5.74, 6) is 0. The molecule has 2 aromatic carbocycles. The first-order valence-corrected chi connectivity index (χ1v) is 11.2. The van der Waals surface area contributed by atoms with Crippen molar-refractivity contribution < 1.29 is 9.53 Å². The van der Waals surface area contributed by atoms with Crippen molar-refractivity contribution in [3.05, 3.63) is 73.3 Å². The molecule has 0 fully saturated rings. The number of rotatable bonds is 8. The fraction of sp³-hybridized carbons (Fsp3) is 0.391. The lowest BCUT2D eigenvalue weighted by atomic mass is 9.99. The molecule has 0 heterocycles. The van der Waals surface area contributed by atoms with Crippen LogP contribution in [-0.2, 0) is 4.43 Å². The molecule has 0 unspecified atom stereocenters. The van der Waals surface area contributed by atoms with Crippen LogP contribution in [0.4, 0.5) is 0 Å². The van der Waals surface area contributed by atoms with Gasteiger partial charge in [-0.25, -0.2) is 0 Å². The molecular weight excluding hydrogens is 336 g/mol. The lowest BCUT2D eigenvalue weighted by molar-refractivity contribution is 0.0385. The molecule has 0 radical (unpaired) electrons. The molecule has 2 nitrogen and oxygen atoms in total. The molecule has 0 aromatic heterocycles. The third-order valence-corrected chi connectivity index (χ3v) is 10.0. The second kappa shape index (κ2) is 8.34. The van der Waals surface area contributed by atoms with Crippen LogP contribution in [0.3, 0.4) is 0 Å². The van der Waals surface area contributed by atoms with Crippen LogP contribution in [-0.4, -0.2) is 25.6 Å². The summed E-state index contributed by atoms with van der Waals surface area (Å²) < 4.78 is 6.79. The molecule has 1 atom stereocenters. The molecular formula is C23H32O2Si. The van der Waals surface area contributed by atoms with E-state index in [-0.39, 0.29) is 5.04 Å². The lowest BCUT2D eigenvalue weighted by Crippen LogP contribution is -2.66. The van der Waals surface area contributed by atoms with Crippen molar-refractivity contribution in [1.82, 2.24) is 0 Å². The molecule has 0 saturated carbocycles. The van der Waals surface area contributed by atoms with E-state index in [2.05, 4.69) is 75.9 Å². The van der Waals surface area contributed by atoms with Crippen molar-refractivity contribution in [2.24, 2.45) is 0 Å². The zero-order chi connectivity index (χ0) is 19.3. The van der Waals surface area contributed by atoms with Gasteiger partial charge >= 0.3 is 0 Å². The van der Waals surface area contributed by atoms with Gasteiger partial charge in [-0.3, -0.25) is 0 Å². The Morgan fingerprint density at radius 1 is 0.923 bits per heavy atom. The monoisotopic (exact) mass is 368 g/mol. The maximum absolute atomic E-state index is 10.5. The summed E-state index contributed by atoms with van der Waals surface area (Å²) in [5, 5.41) is 13.0. The van der Waals surface area contributed by atoms with E-state index in [0.717, 1.165) is 0 Å². The molecule has 2 rings (SSSR count). The fourth-order valence-corrected chi connectivity index (χ4v) is 8.16. The van der Waals surface area contributed by atoms with Crippen molar-refractivity contribution >= 4 is 18.7 Å². The maximum Gasteiger partial charge on any atom is 0.261 e. The number of hydrogen-bond donors (Lipinski definition) is 1. The molecule has 0 amide bonds. The maximum atomic E-state index is 10.5. The summed E-state index contributed by atoms with van der Waals surface area (Å²) in [4.78, 5) is 0. The highest BCUT2D eigenvalue weighted by Gasteiger charge is 2.50. The molecule has 140 valence electrons. The van der Waals surface area contributed by atoms with Crippen molar-refractivity contribution in [3.8, 4) is 0 Å². The highest BCUT2D eigenvalue weighted by Crippen LogP contribution is 2.37. The minimum absolute atomic E-state index is 0.0417. The molecule has 0 saturated heterocycles. The van der Waals surface area contributed by atoms with Crippen molar-refractivity contribution in [3.63, 3.8) is 0 Å². The highest BCUT2D eigenvalue weighted by atomic mass is 28.4. The Bertz CT molecular complexity index is 648. The summed E-state index contributed by atoms with van der Waals surface area (Å²) in [6.45, 7) is 12.9. The van der Waals surface area contributed by atoms with E-state index in [1.165, 1.54) is 10.4 Å². The molecule has 0 aliphatic heterocycles. The lowest BCUT2D eigenvalue weighted by Gasteiger charge is -2.43. The van der Waals surface area contributed by atoms with Crippen LogP contribution >= 0.6 is 0 Å². The SMILES string of the molecule is C=CC[C@](C)(O)CCO[Si](c1ccccc1)(c1ccccc1)C(C)(C)C. The molecule has 1 N–H and O–H groups in total. The Hall–Kier alpha value is -1.68. The van der Waals surface area contributed by atoms with Gasteiger partial charge in [0.25, 0.3) is 8.32 Å². The average Bonchev–Trinajstić information content (AvgIpc) is 2.59. The van der Waals surface area contributed by atoms with E-state index in [1.54, 1.807) is 6.08 Å². The summed E-state index contributed by atoms with van der Waals surface area (Å²) in [6, 6.07) is 21.2. The Morgan fingerprint density at radius 2 is 1.38 bits per heavy atom. The first-order chi connectivity index (χ1) is 12.2. The van der Waals surface area contributed by atoms with Gasteiger partial charge in [0.2, 0.25) is 0 Å². The van der Waals surface area contributed by atoms with Crippen LogP contribution in [0.2, 0.25) is 5.04 Å². The predicted octanol–water partition coefficient (Wildman–Crippen LogP) is 4.28. The van der Waals surface area contributed by atoms with Crippen LogP contribution in [0.1, 0.15) is 40.5 Å². The third-order valence-electron chi connectivity index (χ3n) is 4.96. The van der Waals surface area contributed by atoms with Crippen molar-refractivity contribution in [2.45, 2.75) is 51.2 Å². The highest BCUT2D eigenvalue weighted by molar-refractivity contribution is 6.99. The molecule has 0 bridgehead atoms. The predicted molar refractivity (Wildman–Crippen MR) is 114 cm³/mol. The van der Waals surface area contributed by atoms with Gasteiger partial charge in [0.1, 0.15) is 0 Å². The van der Waals surface area contributed by atoms with Gasteiger partial charge in [-0.1, -0.05) is 87.5 Å². The molecule has 0 spiro atoms. The first kappa shape index (κ1) is 20.6. The zero-order valence-corrected chi connectivity index (χ0v) is 17.5. The second-order valence-corrected chi connectivity index (χ2v) is 12.6. The summed E-state index contributed by atoms with van der Waals surface area (Å²) in [7, 11) is -2.51. The van der Waals surface area contributed by atoms with Gasteiger partial charge < -0.3 is 9.53 Å². The molecule has 0 aliphatic carbocycles. The van der Waals surface area contributed by atoms with Crippen LogP contribution in [0.5, 0.6) is 0 Å². The van der Waals surface area contributed by atoms with E-state index in [0.29, 0.717) is 19.4 Å². The fourth-order valence-electron chi connectivity index (χ4n) is 3.60. The second-order valence-electron chi connectivity index (χ2n) is 8.25. The van der Waals surface area contributed by atoms with Crippen LogP contribution in [0.25, 0.3) is 0 Å². The number of hydrogen-bond acceptors (Lipinski definition) is 2. The zero-order valence-electron chi connectivity index (χ0n) is 16.5. The van der Waals surface area contributed by atoms with E-state index in [1.807, 2.05) is 19.1 Å². The molecule has 2 aromatic rings. The topological polar surface area (TPSA) is 29.5 Å². The van der Waals surface area contributed by atoms with Gasteiger partial charge in [-0.2, -0.15) is 0 Å². The van der Waals surface area contributed by atoms with Crippen LogP contribution in [0, 0.1) is 0 Å². The Kier molecular flexibility index (Phi) is 6.62. The van der Waals surface area contributed by atoms with Gasteiger partial charge in [0, 0.05) is 6.61 Å². The average molecular weight is 369 g/mol. The number of aliphatic hydroxyl groups is 1. The Morgan fingerprint density at radius 3 is 1.77 bits per heavy atom. The van der Waals surface area contributed by atoms with Gasteiger partial charge in [0.15, 0.2) is 0 Å². The number of benzene rings is 2. The van der Waals surface area contributed by atoms with E-state index in [4.69, 9.17) is 4.43 Å². The minimum atomic E-state index is -2.51. The van der Waals surface area contributed by atoms with Crippen molar-refractivity contribution in [2.75, 3.05) is 6.61 Å². The normalized spacial score (nSPS) is 14.7. The smallest absolute Gasteiger partial charge is 0.261 e. The molecule has 3 heteroatoms. The van der Waals surface area contributed by atoms with Gasteiger partial charge in [0.05, 0.1) is 5.60 Å².